The molecule has 3 heteroatoms. The van der Waals surface area contributed by atoms with Gasteiger partial charge in [-0.3, -0.25) is 4.90 Å². The molecule has 1 saturated heterocycles. The van der Waals surface area contributed by atoms with Crippen LogP contribution >= 0.6 is 15.9 Å². The highest BCUT2D eigenvalue weighted by Gasteiger charge is 2.37. The van der Waals surface area contributed by atoms with Crippen LogP contribution in [0.2, 0.25) is 0 Å². The van der Waals surface area contributed by atoms with E-state index in [-0.39, 0.29) is 0 Å². The topological polar surface area (TPSA) is 12.5 Å². The Labute approximate surface area is 114 Å². The zero-order chi connectivity index (χ0) is 12.3. The number of hydrogen-bond acceptors (Lipinski definition) is 2. The van der Waals surface area contributed by atoms with Crippen molar-refractivity contribution in [3.63, 3.8) is 0 Å². The predicted molar refractivity (Wildman–Crippen MR) is 75.8 cm³/mol. The summed E-state index contributed by atoms with van der Waals surface area (Å²) in [7, 11) is 0. The van der Waals surface area contributed by atoms with E-state index in [2.05, 4.69) is 34.7 Å². The number of nitrogens with zero attached hydrogens (tertiary/aromatic N) is 1. The Kier molecular flexibility index (Phi) is 4.90. The van der Waals surface area contributed by atoms with Crippen LogP contribution in [0.4, 0.5) is 0 Å². The van der Waals surface area contributed by atoms with Gasteiger partial charge in [-0.1, -0.05) is 35.7 Å². The van der Waals surface area contributed by atoms with Crippen LogP contribution in [0, 0.1) is 5.41 Å². The fourth-order valence-electron chi connectivity index (χ4n) is 3.37. The van der Waals surface area contributed by atoms with Gasteiger partial charge in [-0.25, -0.2) is 0 Å². The summed E-state index contributed by atoms with van der Waals surface area (Å²) < 4.78 is 5.79. The minimum atomic E-state index is 0.409. The Morgan fingerprint density at radius 3 is 2.65 bits per heavy atom. The maximum Gasteiger partial charge on any atom is 0.0674 e. The summed E-state index contributed by atoms with van der Waals surface area (Å²) >= 11 is 3.76. The molecule has 2 aliphatic rings. The fraction of sp³-hybridized carbons (Fsp3) is 1.00. The highest BCUT2D eigenvalue weighted by Crippen LogP contribution is 2.41. The molecule has 2 nitrogen and oxygen atoms in total. The van der Waals surface area contributed by atoms with Crippen molar-refractivity contribution in [1.29, 1.82) is 0 Å². The smallest absolute Gasteiger partial charge is 0.0674 e. The molecule has 0 radical (unpaired) electrons. The molecule has 1 heterocycles. The molecule has 0 N–H and O–H groups in total. The largest absolute Gasteiger partial charge is 0.376 e. The molecule has 1 saturated carbocycles. The second-order valence-electron chi connectivity index (χ2n) is 5.98. The van der Waals surface area contributed by atoms with Gasteiger partial charge in [0.15, 0.2) is 0 Å². The Bertz CT molecular complexity index is 240. The molecular formula is C14H26BrNO. The van der Waals surface area contributed by atoms with Crippen molar-refractivity contribution in [3.8, 4) is 0 Å². The van der Waals surface area contributed by atoms with E-state index < -0.39 is 0 Å². The lowest BCUT2D eigenvalue weighted by Crippen LogP contribution is -2.52. The number of halogens is 1. The number of hydrogen-bond donors (Lipinski definition) is 0. The summed E-state index contributed by atoms with van der Waals surface area (Å²) in [5.41, 5.74) is 0.546. The average Bonchev–Trinajstić information content (AvgIpc) is 2.79. The molecule has 0 aromatic heterocycles. The molecule has 0 amide bonds. The van der Waals surface area contributed by atoms with Gasteiger partial charge >= 0.3 is 0 Å². The van der Waals surface area contributed by atoms with E-state index in [0.717, 1.165) is 13.2 Å². The molecule has 100 valence electrons. The number of rotatable bonds is 4. The third-order valence-corrected chi connectivity index (χ3v) is 5.73. The van der Waals surface area contributed by atoms with E-state index in [0.29, 0.717) is 17.6 Å². The Morgan fingerprint density at radius 1 is 1.35 bits per heavy atom. The third kappa shape index (κ3) is 3.24. The van der Waals surface area contributed by atoms with Crippen molar-refractivity contribution in [2.24, 2.45) is 5.41 Å². The van der Waals surface area contributed by atoms with E-state index in [1.165, 1.54) is 44.0 Å². The summed E-state index contributed by atoms with van der Waals surface area (Å²) in [6.45, 7) is 7.80. The number of ether oxygens (including phenoxy) is 1. The monoisotopic (exact) mass is 303 g/mol. The van der Waals surface area contributed by atoms with E-state index in [1.54, 1.807) is 0 Å². The lowest BCUT2D eigenvalue weighted by atomic mass is 9.87. The van der Waals surface area contributed by atoms with Crippen LogP contribution in [0.5, 0.6) is 0 Å². The summed E-state index contributed by atoms with van der Waals surface area (Å²) in [5.74, 6) is 0. The van der Waals surface area contributed by atoms with Crippen molar-refractivity contribution < 1.29 is 4.74 Å². The Hall–Kier alpha value is 0.400. The van der Waals surface area contributed by atoms with Gasteiger partial charge < -0.3 is 4.74 Å². The molecule has 1 aliphatic heterocycles. The molecule has 0 aromatic carbocycles. The molecule has 2 fully saturated rings. The van der Waals surface area contributed by atoms with Crippen LogP contribution in [0.15, 0.2) is 0 Å². The zero-order valence-electron chi connectivity index (χ0n) is 11.3. The van der Waals surface area contributed by atoms with Gasteiger partial charge in [-0.05, 0) is 31.6 Å². The first-order valence-corrected chi connectivity index (χ1v) is 8.23. The van der Waals surface area contributed by atoms with Gasteiger partial charge in [0.1, 0.15) is 0 Å². The second kappa shape index (κ2) is 6.03. The van der Waals surface area contributed by atoms with Gasteiger partial charge in [0.2, 0.25) is 0 Å². The van der Waals surface area contributed by atoms with Crippen molar-refractivity contribution in [1.82, 2.24) is 4.90 Å². The van der Waals surface area contributed by atoms with Crippen LogP contribution in [0.25, 0.3) is 0 Å². The number of alkyl halides is 1. The summed E-state index contributed by atoms with van der Waals surface area (Å²) in [6, 6.07) is 0.641. The van der Waals surface area contributed by atoms with Gasteiger partial charge in [-0.15, -0.1) is 0 Å². The molecule has 2 unspecified atom stereocenters. The maximum atomic E-state index is 5.79. The van der Waals surface area contributed by atoms with E-state index in [1.807, 2.05) is 0 Å². The third-order valence-electron chi connectivity index (χ3n) is 4.54. The van der Waals surface area contributed by atoms with Crippen LogP contribution in [-0.2, 0) is 4.74 Å². The standard InChI is InChI=1S/C14H26BrNO/c1-3-13-9-17-12(2)8-16(13)11-14(10-15)6-4-5-7-14/h12-13H,3-11H2,1-2H3. The van der Waals surface area contributed by atoms with Gasteiger partial charge in [0, 0.05) is 24.5 Å². The minimum Gasteiger partial charge on any atom is -0.376 e. The van der Waals surface area contributed by atoms with Crippen molar-refractivity contribution in [2.75, 3.05) is 25.0 Å². The van der Waals surface area contributed by atoms with E-state index >= 15 is 0 Å². The van der Waals surface area contributed by atoms with Gasteiger partial charge in [0.25, 0.3) is 0 Å². The Morgan fingerprint density at radius 2 is 2.06 bits per heavy atom. The second-order valence-corrected chi connectivity index (χ2v) is 6.54. The summed E-state index contributed by atoms with van der Waals surface area (Å²) in [6.07, 6.45) is 7.27. The predicted octanol–water partition coefficient (Wildman–Crippen LogP) is 3.44. The van der Waals surface area contributed by atoms with Crippen LogP contribution in [-0.4, -0.2) is 42.1 Å². The lowest BCUT2D eigenvalue weighted by molar-refractivity contribution is -0.0669. The van der Waals surface area contributed by atoms with E-state index in [9.17, 15) is 0 Å². The number of morpholine rings is 1. The molecule has 2 atom stereocenters. The van der Waals surface area contributed by atoms with Crippen LogP contribution < -0.4 is 0 Å². The van der Waals surface area contributed by atoms with Crippen molar-refractivity contribution in [2.45, 2.75) is 58.1 Å². The minimum absolute atomic E-state index is 0.409. The molecule has 17 heavy (non-hydrogen) atoms. The zero-order valence-corrected chi connectivity index (χ0v) is 12.8. The van der Waals surface area contributed by atoms with Gasteiger partial charge in [-0.2, -0.15) is 0 Å². The first-order chi connectivity index (χ1) is 8.19. The highest BCUT2D eigenvalue weighted by atomic mass is 79.9. The molecule has 0 spiro atoms. The van der Waals surface area contributed by atoms with Crippen LogP contribution in [0.3, 0.4) is 0 Å². The SMILES string of the molecule is CCC1COC(C)CN1CC1(CBr)CCCC1. The first-order valence-electron chi connectivity index (χ1n) is 7.11. The quantitative estimate of drug-likeness (QED) is 0.738. The van der Waals surface area contributed by atoms with Crippen molar-refractivity contribution in [3.05, 3.63) is 0 Å². The fourth-order valence-corrected chi connectivity index (χ4v) is 4.11. The lowest BCUT2D eigenvalue weighted by Gasteiger charge is -2.43. The Balaban J connectivity index is 1.98. The van der Waals surface area contributed by atoms with Crippen molar-refractivity contribution >= 4 is 15.9 Å². The first kappa shape index (κ1) is 13.8. The summed E-state index contributed by atoms with van der Waals surface area (Å²) in [5, 5.41) is 1.17. The molecule has 0 aromatic rings. The molecular weight excluding hydrogens is 278 g/mol. The van der Waals surface area contributed by atoms with Crippen LogP contribution in [0.1, 0.15) is 46.0 Å². The highest BCUT2D eigenvalue weighted by molar-refractivity contribution is 9.09. The molecule has 2 rings (SSSR count). The summed E-state index contributed by atoms with van der Waals surface area (Å²) in [4.78, 5) is 2.70. The van der Waals surface area contributed by atoms with Gasteiger partial charge in [0.05, 0.1) is 12.7 Å². The average molecular weight is 304 g/mol. The maximum absolute atomic E-state index is 5.79. The molecule has 1 aliphatic carbocycles. The van der Waals surface area contributed by atoms with E-state index in [4.69, 9.17) is 4.74 Å². The molecule has 0 bridgehead atoms. The normalized spacial score (nSPS) is 34.1.